The van der Waals surface area contributed by atoms with Crippen LogP contribution in [0.1, 0.15) is 53.4 Å². The third kappa shape index (κ3) is 4.97. The van der Waals surface area contributed by atoms with Gasteiger partial charge in [-0.1, -0.05) is 20.8 Å². The van der Waals surface area contributed by atoms with Gasteiger partial charge in [-0.25, -0.2) is 0 Å². The van der Waals surface area contributed by atoms with Crippen LogP contribution in [0.15, 0.2) is 0 Å². The van der Waals surface area contributed by atoms with E-state index in [2.05, 4.69) is 37.9 Å². The molecule has 1 aliphatic rings. The molecule has 0 spiro atoms. The number of piperidine rings is 1. The van der Waals surface area contributed by atoms with Gasteiger partial charge >= 0.3 is 0 Å². The molecule has 1 atom stereocenters. The van der Waals surface area contributed by atoms with Crippen LogP contribution in [-0.2, 0) is 0 Å². The van der Waals surface area contributed by atoms with Crippen molar-refractivity contribution >= 4 is 0 Å². The number of nitrogens with zero attached hydrogens (tertiary/aromatic N) is 1. The molecule has 2 heteroatoms. The van der Waals surface area contributed by atoms with Crippen LogP contribution in [0.25, 0.3) is 0 Å². The maximum absolute atomic E-state index is 3.23. The second-order valence-electron chi connectivity index (χ2n) is 6.77. The minimum absolute atomic E-state index is 0.501. The predicted molar refractivity (Wildman–Crippen MR) is 76.4 cm³/mol. The van der Waals surface area contributed by atoms with Gasteiger partial charge < -0.3 is 10.2 Å². The summed E-state index contributed by atoms with van der Waals surface area (Å²) in [5, 5.41) is 3.23. The van der Waals surface area contributed by atoms with E-state index in [9.17, 15) is 0 Å². The molecule has 1 N–H and O–H groups in total. The minimum atomic E-state index is 0.501. The monoisotopic (exact) mass is 240 g/mol. The molecule has 0 radical (unpaired) electrons. The zero-order chi connectivity index (χ0) is 12.9. The SMILES string of the molecule is CNCCCC(C)N1CCC(C(C)(C)C)CC1. The molecule has 2 nitrogen and oxygen atoms in total. The summed E-state index contributed by atoms with van der Waals surface area (Å²) in [6, 6.07) is 0.768. The molecule has 17 heavy (non-hydrogen) atoms. The van der Waals surface area contributed by atoms with Crippen molar-refractivity contribution in [3.63, 3.8) is 0 Å². The van der Waals surface area contributed by atoms with Crippen LogP contribution in [-0.4, -0.2) is 37.6 Å². The Morgan fingerprint density at radius 3 is 2.29 bits per heavy atom. The van der Waals surface area contributed by atoms with Gasteiger partial charge in [0.1, 0.15) is 0 Å². The van der Waals surface area contributed by atoms with Gasteiger partial charge in [0.2, 0.25) is 0 Å². The molecule has 1 aliphatic heterocycles. The maximum atomic E-state index is 3.23. The van der Waals surface area contributed by atoms with Crippen molar-refractivity contribution in [2.75, 3.05) is 26.7 Å². The highest BCUT2D eigenvalue weighted by atomic mass is 15.2. The van der Waals surface area contributed by atoms with E-state index in [0.29, 0.717) is 5.41 Å². The van der Waals surface area contributed by atoms with Crippen molar-refractivity contribution in [3.8, 4) is 0 Å². The first kappa shape index (κ1) is 15.0. The molecule has 102 valence electrons. The van der Waals surface area contributed by atoms with Gasteiger partial charge in [0.15, 0.2) is 0 Å². The van der Waals surface area contributed by atoms with Gasteiger partial charge in [-0.05, 0) is 70.6 Å². The summed E-state index contributed by atoms with van der Waals surface area (Å²) >= 11 is 0. The third-order valence-corrected chi connectivity index (χ3v) is 4.43. The Hall–Kier alpha value is -0.0800. The van der Waals surface area contributed by atoms with E-state index < -0.39 is 0 Å². The Kier molecular flexibility index (Phi) is 5.94. The summed E-state index contributed by atoms with van der Waals surface area (Å²) in [6.07, 6.45) is 5.41. The molecule has 0 aromatic rings. The zero-order valence-electron chi connectivity index (χ0n) is 12.6. The summed E-state index contributed by atoms with van der Waals surface area (Å²) in [6.45, 7) is 13.3. The highest BCUT2D eigenvalue weighted by Gasteiger charge is 2.29. The Balaban J connectivity index is 2.26. The van der Waals surface area contributed by atoms with Crippen molar-refractivity contribution in [1.29, 1.82) is 0 Å². The summed E-state index contributed by atoms with van der Waals surface area (Å²) in [7, 11) is 2.04. The minimum Gasteiger partial charge on any atom is -0.320 e. The number of likely N-dealkylation sites (tertiary alicyclic amines) is 1. The van der Waals surface area contributed by atoms with E-state index in [4.69, 9.17) is 0 Å². The number of nitrogens with one attached hydrogen (secondary N) is 1. The first-order valence-electron chi connectivity index (χ1n) is 7.33. The maximum Gasteiger partial charge on any atom is 0.00674 e. The normalized spacial score (nSPS) is 21.7. The van der Waals surface area contributed by atoms with Crippen LogP contribution in [0.4, 0.5) is 0 Å². The lowest BCUT2D eigenvalue weighted by Crippen LogP contribution is -2.42. The Morgan fingerprint density at radius 1 is 1.24 bits per heavy atom. The lowest BCUT2D eigenvalue weighted by Gasteiger charge is -2.41. The third-order valence-electron chi connectivity index (χ3n) is 4.43. The smallest absolute Gasteiger partial charge is 0.00674 e. The number of hydrogen-bond donors (Lipinski definition) is 1. The molecule has 1 rings (SSSR count). The van der Waals surface area contributed by atoms with E-state index in [-0.39, 0.29) is 0 Å². The van der Waals surface area contributed by atoms with Crippen LogP contribution in [0.5, 0.6) is 0 Å². The number of rotatable bonds is 5. The van der Waals surface area contributed by atoms with Crippen LogP contribution in [0.2, 0.25) is 0 Å². The van der Waals surface area contributed by atoms with Gasteiger partial charge in [0, 0.05) is 6.04 Å². The summed E-state index contributed by atoms with van der Waals surface area (Å²) < 4.78 is 0. The van der Waals surface area contributed by atoms with Crippen molar-refractivity contribution in [1.82, 2.24) is 10.2 Å². The lowest BCUT2D eigenvalue weighted by atomic mass is 9.75. The van der Waals surface area contributed by atoms with Crippen molar-refractivity contribution < 1.29 is 0 Å². The average molecular weight is 240 g/mol. The molecular weight excluding hydrogens is 208 g/mol. The van der Waals surface area contributed by atoms with Gasteiger partial charge in [-0.3, -0.25) is 0 Å². The van der Waals surface area contributed by atoms with Crippen molar-refractivity contribution in [2.45, 2.75) is 59.4 Å². The molecule has 1 heterocycles. The second-order valence-corrected chi connectivity index (χ2v) is 6.77. The van der Waals surface area contributed by atoms with Crippen molar-refractivity contribution in [2.24, 2.45) is 11.3 Å². The molecule has 0 bridgehead atoms. The Labute approximate surface area is 108 Å². The van der Waals surface area contributed by atoms with Gasteiger partial charge in [0.25, 0.3) is 0 Å². The molecule has 0 saturated carbocycles. The number of hydrogen-bond acceptors (Lipinski definition) is 2. The zero-order valence-corrected chi connectivity index (χ0v) is 12.6. The van der Waals surface area contributed by atoms with Gasteiger partial charge in [0.05, 0.1) is 0 Å². The van der Waals surface area contributed by atoms with E-state index in [1.54, 1.807) is 0 Å². The van der Waals surface area contributed by atoms with Crippen LogP contribution < -0.4 is 5.32 Å². The predicted octanol–water partition coefficient (Wildman–Crippen LogP) is 3.13. The highest BCUT2D eigenvalue weighted by molar-refractivity contribution is 4.82. The average Bonchev–Trinajstić information content (AvgIpc) is 2.28. The second kappa shape index (κ2) is 6.75. The standard InChI is InChI=1S/C15H32N2/c1-13(7-6-10-16-5)17-11-8-14(9-12-17)15(2,3)4/h13-14,16H,6-12H2,1-5H3. The first-order valence-corrected chi connectivity index (χ1v) is 7.33. The summed E-state index contributed by atoms with van der Waals surface area (Å²) in [4.78, 5) is 2.69. The van der Waals surface area contributed by atoms with Crippen LogP contribution in [0, 0.1) is 11.3 Å². The fourth-order valence-electron chi connectivity index (χ4n) is 2.96. The molecule has 0 aromatic heterocycles. The largest absolute Gasteiger partial charge is 0.320 e. The molecule has 1 fully saturated rings. The van der Waals surface area contributed by atoms with Crippen molar-refractivity contribution in [3.05, 3.63) is 0 Å². The Bertz CT molecular complexity index is 199. The quantitative estimate of drug-likeness (QED) is 0.743. The van der Waals surface area contributed by atoms with E-state index >= 15 is 0 Å². The Morgan fingerprint density at radius 2 is 1.82 bits per heavy atom. The highest BCUT2D eigenvalue weighted by Crippen LogP contribution is 2.34. The summed E-state index contributed by atoms with van der Waals surface area (Å²) in [5.41, 5.74) is 0.501. The molecule has 1 unspecified atom stereocenters. The molecule has 0 amide bonds. The fraction of sp³-hybridized carbons (Fsp3) is 1.00. The van der Waals surface area contributed by atoms with E-state index in [0.717, 1.165) is 18.5 Å². The summed E-state index contributed by atoms with van der Waals surface area (Å²) in [5.74, 6) is 0.920. The lowest BCUT2D eigenvalue weighted by molar-refractivity contribution is 0.0844. The van der Waals surface area contributed by atoms with Crippen LogP contribution in [0.3, 0.4) is 0 Å². The molecule has 1 saturated heterocycles. The van der Waals surface area contributed by atoms with Crippen LogP contribution >= 0.6 is 0 Å². The fourth-order valence-corrected chi connectivity index (χ4v) is 2.96. The molecule has 0 aromatic carbocycles. The molecule has 0 aliphatic carbocycles. The topological polar surface area (TPSA) is 15.3 Å². The van der Waals surface area contributed by atoms with E-state index in [1.165, 1.54) is 38.8 Å². The first-order chi connectivity index (χ1) is 7.95. The van der Waals surface area contributed by atoms with Gasteiger partial charge in [-0.15, -0.1) is 0 Å². The van der Waals surface area contributed by atoms with Gasteiger partial charge in [-0.2, -0.15) is 0 Å². The molecular formula is C15H32N2. The van der Waals surface area contributed by atoms with E-state index in [1.807, 2.05) is 7.05 Å².